The summed E-state index contributed by atoms with van der Waals surface area (Å²) >= 11 is 1.49. The van der Waals surface area contributed by atoms with E-state index in [0.717, 1.165) is 0 Å². The van der Waals surface area contributed by atoms with Gasteiger partial charge < -0.3 is 15.1 Å². The van der Waals surface area contributed by atoms with Gasteiger partial charge in [0.05, 0.1) is 17.4 Å². The second-order valence-electron chi connectivity index (χ2n) is 6.64. The molecule has 2 fully saturated rings. The maximum atomic E-state index is 12.8. The van der Waals surface area contributed by atoms with Crippen molar-refractivity contribution in [3.05, 3.63) is 52.7 Å². The van der Waals surface area contributed by atoms with Gasteiger partial charge in [0.15, 0.2) is 0 Å². The summed E-state index contributed by atoms with van der Waals surface area (Å²) < 4.78 is 0. The number of aromatic carboxylic acids is 1. The number of rotatable bonds is 4. The highest BCUT2D eigenvalue weighted by Crippen LogP contribution is 2.41. The number of thioether (sulfide) groups is 1. The summed E-state index contributed by atoms with van der Waals surface area (Å²) in [4.78, 5) is 50.1. The molecule has 2 saturated heterocycles. The number of benzene rings is 1. The molecule has 2 amide bonds. The molecule has 2 N–H and O–H groups in total. The first-order chi connectivity index (χ1) is 13.4. The molecule has 0 spiro atoms. The summed E-state index contributed by atoms with van der Waals surface area (Å²) in [5, 5.41) is 18.4. The normalized spacial score (nSPS) is 23.1. The molecule has 1 aromatic rings. The van der Waals surface area contributed by atoms with Crippen LogP contribution in [0.1, 0.15) is 23.2 Å². The Morgan fingerprint density at radius 1 is 1.11 bits per heavy atom. The van der Waals surface area contributed by atoms with Crippen molar-refractivity contribution in [2.24, 2.45) is 0 Å². The Bertz CT molecular complexity index is 965. The number of anilines is 1. The minimum Gasteiger partial charge on any atom is -0.478 e. The zero-order valence-corrected chi connectivity index (χ0v) is 15.4. The van der Waals surface area contributed by atoms with E-state index >= 15 is 0 Å². The van der Waals surface area contributed by atoms with E-state index in [1.807, 2.05) is 0 Å². The summed E-state index contributed by atoms with van der Waals surface area (Å²) in [6.07, 6.45) is 2.37. The Morgan fingerprint density at radius 3 is 2.43 bits per heavy atom. The average Bonchev–Trinajstić information content (AvgIpc) is 3.02. The Labute approximate surface area is 164 Å². The average molecular weight is 400 g/mol. The van der Waals surface area contributed by atoms with Crippen molar-refractivity contribution in [2.45, 2.75) is 18.2 Å². The van der Waals surface area contributed by atoms with Gasteiger partial charge in [-0.15, -0.1) is 11.8 Å². The first-order valence-corrected chi connectivity index (χ1v) is 9.67. The van der Waals surface area contributed by atoms with Gasteiger partial charge in [0.1, 0.15) is 5.70 Å². The van der Waals surface area contributed by atoms with Crippen LogP contribution in [-0.2, 0) is 14.4 Å². The highest BCUT2D eigenvalue weighted by atomic mass is 32.2. The molecule has 4 rings (SSSR count). The summed E-state index contributed by atoms with van der Waals surface area (Å²) in [5.41, 5.74) is 1.62. The third kappa shape index (κ3) is 2.97. The fraction of sp³-hybridized carbons (Fsp3) is 0.263. The number of β-lactam (4-membered cyclic amide) rings is 1. The predicted molar refractivity (Wildman–Crippen MR) is 101 cm³/mol. The van der Waals surface area contributed by atoms with Crippen LogP contribution in [0, 0.1) is 0 Å². The fourth-order valence-electron chi connectivity index (χ4n) is 3.54. The van der Waals surface area contributed by atoms with E-state index in [9.17, 15) is 24.3 Å². The first-order valence-electron chi connectivity index (χ1n) is 8.62. The lowest BCUT2D eigenvalue weighted by Gasteiger charge is -2.43. The summed E-state index contributed by atoms with van der Waals surface area (Å²) in [5.74, 6) is -2.25. The molecule has 0 bridgehead atoms. The molecule has 0 saturated carbocycles. The van der Waals surface area contributed by atoms with Crippen LogP contribution in [0.3, 0.4) is 0 Å². The minimum atomic E-state index is -1.17. The van der Waals surface area contributed by atoms with Crippen LogP contribution in [0.5, 0.6) is 0 Å². The monoisotopic (exact) mass is 400 g/mol. The predicted octanol–water partition coefficient (Wildman–Crippen LogP) is 1.69. The zero-order chi connectivity index (χ0) is 20.0. The molecule has 1 aromatic carbocycles. The van der Waals surface area contributed by atoms with E-state index < -0.39 is 11.9 Å². The lowest BCUT2D eigenvalue weighted by molar-refractivity contribution is -0.146. The molecule has 28 heavy (non-hydrogen) atoms. The second kappa shape index (κ2) is 6.83. The SMILES string of the molecule is O=C(O)C1=C(C=C2CCN(c3ccc(C(=O)O)cc3)C2=O)CSC2CC(=O)N12. The minimum absolute atomic E-state index is 0.0374. The van der Waals surface area contributed by atoms with Crippen LogP contribution >= 0.6 is 11.8 Å². The molecular weight excluding hydrogens is 384 g/mol. The largest absolute Gasteiger partial charge is 0.478 e. The topological polar surface area (TPSA) is 115 Å². The third-order valence-corrected chi connectivity index (χ3v) is 6.22. The number of allylic oxidation sites excluding steroid dienone is 1. The number of fused-ring (bicyclic) bond motifs is 1. The maximum absolute atomic E-state index is 12.8. The Hall–Kier alpha value is -3.07. The molecule has 8 nitrogen and oxygen atoms in total. The van der Waals surface area contributed by atoms with Crippen LogP contribution in [0.15, 0.2) is 47.2 Å². The number of carbonyl (C=O) groups is 4. The van der Waals surface area contributed by atoms with Crippen molar-refractivity contribution in [1.29, 1.82) is 0 Å². The van der Waals surface area contributed by atoms with Crippen LogP contribution in [0.25, 0.3) is 0 Å². The molecule has 0 radical (unpaired) electrons. The standard InChI is InChI=1S/C19H16N2O6S/c22-14-8-15-21(14)16(19(26)27)12(9-28-15)7-11-5-6-20(17(11)23)13-3-1-10(2-4-13)18(24)25/h1-4,7,15H,5-6,8-9H2,(H,24,25)(H,26,27). The molecule has 3 heterocycles. The Kier molecular flexibility index (Phi) is 4.46. The fourth-order valence-corrected chi connectivity index (χ4v) is 4.76. The van der Waals surface area contributed by atoms with Gasteiger partial charge in [0.25, 0.3) is 5.91 Å². The number of aliphatic carboxylic acids is 1. The molecular formula is C19H16N2O6S. The van der Waals surface area contributed by atoms with Crippen molar-refractivity contribution >= 4 is 41.2 Å². The first kappa shape index (κ1) is 18.3. The van der Waals surface area contributed by atoms with E-state index in [4.69, 9.17) is 5.11 Å². The Morgan fingerprint density at radius 2 is 1.82 bits per heavy atom. The van der Waals surface area contributed by atoms with Crippen LogP contribution < -0.4 is 4.90 Å². The van der Waals surface area contributed by atoms with Gasteiger partial charge in [-0.25, -0.2) is 9.59 Å². The van der Waals surface area contributed by atoms with E-state index in [1.54, 1.807) is 18.2 Å². The van der Waals surface area contributed by atoms with Crippen molar-refractivity contribution in [3.63, 3.8) is 0 Å². The number of hydrogen-bond donors (Lipinski definition) is 2. The van der Waals surface area contributed by atoms with Crippen molar-refractivity contribution in [3.8, 4) is 0 Å². The van der Waals surface area contributed by atoms with Gasteiger partial charge in [0, 0.05) is 23.6 Å². The van der Waals surface area contributed by atoms with Crippen molar-refractivity contribution in [1.82, 2.24) is 4.90 Å². The highest BCUT2D eigenvalue weighted by molar-refractivity contribution is 8.00. The number of nitrogens with zero attached hydrogens (tertiary/aromatic N) is 2. The smallest absolute Gasteiger partial charge is 0.352 e. The molecule has 3 aliphatic rings. The summed E-state index contributed by atoms with van der Waals surface area (Å²) in [6.45, 7) is 0.422. The van der Waals surface area contributed by atoms with Crippen molar-refractivity contribution < 1.29 is 29.4 Å². The molecule has 0 aromatic heterocycles. The van der Waals surface area contributed by atoms with Crippen molar-refractivity contribution in [2.75, 3.05) is 17.2 Å². The lowest BCUT2D eigenvalue weighted by atomic mass is 10.0. The quantitative estimate of drug-likeness (QED) is 0.584. The van der Waals surface area contributed by atoms with Gasteiger partial charge in [-0.05, 0) is 42.3 Å². The molecule has 1 unspecified atom stereocenters. The van der Waals surface area contributed by atoms with Gasteiger partial charge in [0.2, 0.25) is 5.91 Å². The zero-order valence-electron chi connectivity index (χ0n) is 14.6. The van der Waals surface area contributed by atoms with Gasteiger partial charge in [-0.3, -0.25) is 14.5 Å². The molecule has 144 valence electrons. The maximum Gasteiger partial charge on any atom is 0.352 e. The van der Waals surface area contributed by atoms with Crippen LogP contribution in [-0.4, -0.2) is 56.5 Å². The van der Waals surface area contributed by atoms with E-state index in [1.165, 1.54) is 33.7 Å². The van der Waals surface area contributed by atoms with E-state index in [2.05, 4.69) is 0 Å². The van der Waals surface area contributed by atoms with E-state index in [-0.39, 0.29) is 28.4 Å². The van der Waals surface area contributed by atoms with Crippen LogP contribution in [0.4, 0.5) is 5.69 Å². The van der Waals surface area contributed by atoms with Gasteiger partial charge in [-0.2, -0.15) is 0 Å². The molecule has 1 atom stereocenters. The highest BCUT2D eigenvalue weighted by Gasteiger charge is 2.45. The van der Waals surface area contributed by atoms with E-state index in [0.29, 0.717) is 42.0 Å². The lowest BCUT2D eigenvalue weighted by Crippen LogP contribution is -2.53. The molecule has 3 aliphatic heterocycles. The molecule has 9 heteroatoms. The number of carboxylic acid groups (broad SMARTS) is 2. The summed E-state index contributed by atoms with van der Waals surface area (Å²) in [7, 11) is 0. The van der Waals surface area contributed by atoms with Crippen LogP contribution in [0.2, 0.25) is 0 Å². The Balaban J connectivity index is 1.61. The van der Waals surface area contributed by atoms with Gasteiger partial charge >= 0.3 is 11.9 Å². The number of carboxylic acids is 2. The number of amides is 2. The summed E-state index contributed by atoms with van der Waals surface area (Å²) in [6, 6.07) is 6.02. The second-order valence-corrected chi connectivity index (χ2v) is 7.81. The number of carbonyl (C=O) groups excluding carboxylic acids is 2. The molecule has 0 aliphatic carbocycles. The third-order valence-electron chi connectivity index (χ3n) is 4.98. The number of hydrogen-bond acceptors (Lipinski definition) is 5. The van der Waals surface area contributed by atoms with Gasteiger partial charge in [-0.1, -0.05) is 0 Å².